The molecule has 0 aliphatic rings. The number of hydrogen-bond acceptors (Lipinski definition) is 5. The lowest BCUT2D eigenvalue weighted by atomic mass is 10.1. The molecule has 0 unspecified atom stereocenters. The van der Waals surface area contributed by atoms with Gasteiger partial charge in [-0.15, -0.1) is 0 Å². The van der Waals surface area contributed by atoms with E-state index in [4.69, 9.17) is 0 Å². The molecule has 0 rings (SSSR count). The topological polar surface area (TPSA) is 103 Å². The van der Waals surface area contributed by atoms with Crippen LogP contribution in [0.5, 0.6) is 0 Å². The largest absolute Gasteiger partial charge is 0.291 e. The Morgan fingerprint density at radius 1 is 0.889 bits per heavy atom. The number of rotatable bonds is 16. The number of allylic oxidation sites excluding steroid dienone is 7. The number of nitro groups is 2. The van der Waals surface area contributed by atoms with Gasteiger partial charge < -0.3 is 0 Å². The molecule has 0 saturated carbocycles. The van der Waals surface area contributed by atoms with Crippen LogP contribution in [0.4, 0.5) is 0 Å². The van der Waals surface area contributed by atoms with E-state index in [0.29, 0.717) is 38.5 Å². The van der Waals surface area contributed by atoms with Gasteiger partial charge in [-0.3, -0.25) is 25.0 Å². The van der Waals surface area contributed by atoms with Gasteiger partial charge in [0.2, 0.25) is 11.4 Å². The van der Waals surface area contributed by atoms with Crippen molar-refractivity contribution in [1.29, 1.82) is 0 Å². The standard InChI is InChI=1S/C20H29N2O5/c1-2-3-9-14-19(21(24)25)16-11-6-7-12-17-20(22(26)27)15-10-5-4-8-13-18-23/h5-7,10,16-17H,2-4,8-9,11-15H2,1H3/b7-6+,10-5+,19-16-,20-17-. The van der Waals surface area contributed by atoms with Crippen molar-refractivity contribution in [2.75, 3.05) is 0 Å². The van der Waals surface area contributed by atoms with E-state index in [1.165, 1.54) is 0 Å². The lowest BCUT2D eigenvalue weighted by Crippen LogP contribution is -1.98. The fraction of sp³-hybridized carbons (Fsp3) is 0.550. The number of nitrogens with zero attached hydrogens (tertiary/aromatic N) is 2. The summed E-state index contributed by atoms with van der Waals surface area (Å²) >= 11 is 0. The number of hydrogen-bond donors (Lipinski definition) is 0. The summed E-state index contributed by atoms with van der Waals surface area (Å²) in [5.41, 5.74) is 0.339. The lowest BCUT2D eigenvalue weighted by Gasteiger charge is -1.97. The molecule has 0 amide bonds. The molecule has 0 aromatic carbocycles. The Morgan fingerprint density at radius 2 is 1.52 bits per heavy atom. The highest BCUT2D eigenvalue weighted by Gasteiger charge is 2.08. The summed E-state index contributed by atoms with van der Waals surface area (Å²) in [6.07, 6.45) is 18.2. The Bertz CT molecular complexity index is 577. The molecule has 0 heterocycles. The first kappa shape index (κ1) is 24.4. The van der Waals surface area contributed by atoms with Gasteiger partial charge in [0.05, 0.1) is 16.3 Å². The molecule has 0 fully saturated rings. The van der Waals surface area contributed by atoms with Crippen LogP contribution in [0.25, 0.3) is 0 Å². The molecule has 0 aliphatic carbocycles. The summed E-state index contributed by atoms with van der Waals surface area (Å²) < 4.78 is 0. The first-order valence-corrected chi connectivity index (χ1v) is 9.34. The van der Waals surface area contributed by atoms with Gasteiger partial charge in [-0.05, 0) is 44.3 Å². The first-order chi connectivity index (χ1) is 13.0. The molecule has 27 heavy (non-hydrogen) atoms. The van der Waals surface area contributed by atoms with Crippen LogP contribution >= 0.6 is 0 Å². The van der Waals surface area contributed by atoms with Crippen LogP contribution in [0, 0.1) is 20.2 Å². The molecule has 0 aliphatic heterocycles. The van der Waals surface area contributed by atoms with Gasteiger partial charge >= 0.3 is 0 Å². The van der Waals surface area contributed by atoms with Crippen molar-refractivity contribution in [2.24, 2.45) is 0 Å². The minimum Gasteiger partial charge on any atom is -0.291 e. The van der Waals surface area contributed by atoms with Crippen molar-refractivity contribution >= 4 is 6.29 Å². The molecular weight excluding hydrogens is 348 g/mol. The van der Waals surface area contributed by atoms with Crippen LogP contribution < -0.4 is 0 Å². The van der Waals surface area contributed by atoms with Crippen LogP contribution in [0.1, 0.15) is 71.1 Å². The lowest BCUT2D eigenvalue weighted by molar-refractivity contribution is -0.428. The zero-order valence-electron chi connectivity index (χ0n) is 16.0. The van der Waals surface area contributed by atoms with E-state index in [0.717, 1.165) is 19.3 Å². The first-order valence-electron chi connectivity index (χ1n) is 9.34. The van der Waals surface area contributed by atoms with Crippen molar-refractivity contribution in [3.05, 3.63) is 68.1 Å². The molecule has 1 radical (unpaired) electrons. The molecular formula is C20H29N2O5. The second-order valence-corrected chi connectivity index (χ2v) is 6.02. The van der Waals surface area contributed by atoms with E-state index < -0.39 is 4.92 Å². The summed E-state index contributed by atoms with van der Waals surface area (Å²) in [7, 11) is 0. The van der Waals surface area contributed by atoms with Gasteiger partial charge in [-0.25, -0.2) is 0 Å². The minimum atomic E-state index is -0.407. The third-order valence-electron chi connectivity index (χ3n) is 3.79. The van der Waals surface area contributed by atoms with Crippen molar-refractivity contribution in [1.82, 2.24) is 0 Å². The van der Waals surface area contributed by atoms with Crippen molar-refractivity contribution < 1.29 is 14.6 Å². The molecule has 0 atom stereocenters. The maximum absolute atomic E-state index is 11.0. The van der Waals surface area contributed by atoms with Crippen LogP contribution in [0.15, 0.2) is 47.9 Å². The van der Waals surface area contributed by atoms with Gasteiger partial charge in [0.25, 0.3) is 0 Å². The average molecular weight is 377 g/mol. The van der Waals surface area contributed by atoms with Crippen LogP contribution in [-0.2, 0) is 4.79 Å². The zero-order valence-corrected chi connectivity index (χ0v) is 16.0. The van der Waals surface area contributed by atoms with Crippen molar-refractivity contribution in [3.8, 4) is 0 Å². The Balaban J connectivity index is 4.41. The Morgan fingerprint density at radius 3 is 2.07 bits per heavy atom. The van der Waals surface area contributed by atoms with E-state index in [1.807, 2.05) is 13.0 Å². The van der Waals surface area contributed by atoms with Gasteiger partial charge in [-0.1, -0.05) is 44.1 Å². The van der Waals surface area contributed by atoms with Crippen molar-refractivity contribution in [3.63, 3.8) is 0 Å². The minimum absolute atomic E-state index is 0.110. The summed E-state index contributed by atoms with van der Waals surface area (Å²) in [5, 5.41) is 22.0. The molecule has 0 N–H and O–H groups in total. The SMILES string of the molecule is CCCCC/C(=C/C/C=C/C/C=C(/C/C=C/CCC[C]=O)[N+](=O)[O-])[N+](=O)[O-]. The Hall–Kier alpha value is -2.57. The van der Waals surface area contributed by atoms with Crippen LogP contribution in [0.3, 0.4) is 0 Å². The fourth-order valence-corrected chi connectivity index (χ4v) is 2.27. The third kappa shape index (κ3) is 14.3. The fourth-order valence-electron chi connectivity index (χ4n) is 2.27. The summed E-state index contributed by atoms with van der Waals surface area (Å²) in [4.78, 5) is 31.3. The van der Waals surface area contributed by atoms with Gasteiger partial charge in [0, 0.05) is 12.8 Å². The molecule has 0 saturated heterocycles. The van der Waals surface area contributed by atoms with Crippen LogP contribution in [0.2, 0.25) is 0 Å². The monoisotopic (exact) mass is 377 g/mol. The highest BCUT2D eigenvalue weighted by Crippen LogP contribution is 2.11. The smallest absolute Gasteiger partial charge is 0.246 e. The molecule has 149 valence electrons. The third-order valence-corrected chi connectivity index (χ3v) is 3.79. The molecule has 0 bridgehead atoms. The summed E-state index contributed by atoms with van der Waals surface area (Å²) in [6.45, 7) is 2.05. The summed E-state index contributed by atoms with van der Waals surface area (Å²) in [5.74, 6) is 0. The average Bonchev–Trinajstić information content (AvgIpc) is 2.63. The number of carbonyl (C=O) groups excluding carboxylic acids is 1. The van der Waals surface area contributed by atoms with E-state index in [1.54, 1.807) is 36.7 Å². The van der Waals surface area contributed by atoms with Crippen LogP contribution in [-0.4, -0.2) is 16.1 Å². The maximum Gasteiger partial charge on any atom is 0.246 e. The molecule has 7 nitrogen and oxygen atoms in total. The predicted octanol–water partition coefficient (Wildman–Crippen LogP) is 5.45. The molecule has 0 spiro atoms. The van der Waals surface area contributed by atoms with Crippen molar-refractivity contribution in [2.45, 2.75) is 71.1 Å². The summed E-state index contributed by atoms with van der Waals surface area (Å²) in [6, 6.07) is 0. The maximum atomic E-state index is 11.0. The second-order valence-electron chi connectivity index (χ2n) is 6.02. The quantitative estimate of drug-likeness (QED) is 0.154. The molecule has 0 aromatic heterocycles. The van der Waals surface area contributed by atoms with Gasteiger partial charge in [0.1, 0.15) is 0 Å². The Kier molecular flexibility index (Phi) is 15.3. The van der Waals surface area contributed by atoms with Gasteiger partial charge in [0.15, 0.2) is 6.29 Å². The van der Waals surface area contributed by atoms with E-state index in [9.17, 15) is 25.0 Å². The predicted molar refractivity (Wildman–Crippen MR) is 106 cm³/mol. The van der Waals surface area contributed by atoms with Gasteiger partial charge in [-0.2, -0.15) is 0 Å². The zero-order chi connectivity index (χ0) is 20.3. The highest BCUT2D eigenvalue weighted by atomic mass is 16.6. The molecule has 7 heteroatoms. The second kappa shape index (κ2) is 16.9. The Labute approximate surface area is 160 Å². The van der Waals surface area contributed by atoms with E-state index >= 15 is 0 Å². The molecule has 0 aromatic rings. The van der Waals surface area contributed by atoms with E-state index in [2.05, 4.69) is 0 Å². The highest BCUT2D eigenvalue weighted by molar-refractivity contribution is 5.50. The normalized spacial score (nSPS) is 12.8. The van der Waals surface area contributed by atoms with E-state index in [-0.39, 0.29) is 22.7 Å². The number of unbranched alkanes of at least 4 members (excludes halogenated alkanes) is 4.